The van der Waals surface area contributed by atoms with Crippen LogP contribution in [0.5, 0.6) is 0 Å². The second-order valence-corrected chi connectivity index (χ2v) is 3.87. The molecule has 1 aromatic carbocycles. The average molecular weight is 247 g/mol. The fraction of sp³-hybridized carbons (Fsp3) is 0.400. The molecule has 3 heteroatoms. The number of aliphatic hydroxyl groups excluding tert-OH is 1. The third-order valence-corrected chi connectivity index (χ3v) is 2.79. The molecule has 0 aliphatic carbocycles. The summed E-state index contributed by atoms with van der Waals surface area (Å²) in [5, 5.41) is 8.62. The standard InChI is InChI=1S/C10H12BrFO/c1-7-9(11)5-8(3-2-4-13)6-10(7)12/h5-6,13H,2-4H2,1H3. The maximum atomic E-state index is 13.2. The van der Waals surface area contributed by atoms with E-state index in [2.05, 4.69) is 15.9 Å². The minimum Gasteiger partial charge on any atom is -0.396 e. The van der Waals surface area contributed by atoms with Crippen LogP contribution in [-0.4, -0.2) is 11.7 Å². The van der Waals surface area contributed by atoms with Crippen LogP contribution in [0.1, 0.15) is 17.5 Å². The van der Waals surface area contributed by atoms with Gasteiger partial charge in [-0.05, 0) is 43.0 Å². The zero-order valence-corrected chi connectivity index (χ0v) is 9.07. The van der Waals surface area contributed by atoms with Crippen molar-refractivity contribution in [1.82, 2.24) is 0 Å². The van der Waals surface area contributed by atoms with Crippen LogP contribution in [-0.2, 0) is 6.42 Å². The third-order valence-electron chi connectivity index (χ3n) is 1.96. The molecule has 1 rings (SSSR count). The highest BCUT2D eigenvalue weighted by molar-refractivity contribution is 9.10. The monoisotopic (exact) mass is 246 g/mol. The molecule has 0 spiro atoms. The molecular weight excluding hydrogens is 235 g/mol. The first-order valence-electron chi connectivity index (χ1n) is 4.20. The van der Waals surface area contributed by atoms with E-state index in [9.17, 15) is 4.39 Å². The van der Waals surface area contributed by atoms with Gasteiger partial charge in [0.25, 0.3) is 0 Å². The Hall–Kier alpha value is -0.410. The molecule has 0 saturated carbocycles. The van der Waals surface area contributed by atoms with Gasteiger partial charge >= 0.3 is 0 Å². The largest absolute Gasteiger partial charge is 0.396 e. The number of rotatable bonds is 3. The van der Waals surface area contributed by atoms with Crippen LogP contribution in [0.3, 0.4) is 0 Å². The number of hydrogen-bond acceptors (Lipinski definition) is 1. The van der Waals surface area contributed by atoms with Gasteiger partial charge in [-0.25, -0.2) is 4.39 Å². The zero-order chi connectivity index (χ0) is 9.84. The summed E-state index contributed by atoms with van der Waals surface area (Å²) in [6.07, 6.45) is 1.39. The third kappa shape index (κ3) is 2.78. The van der Waals surface area contributed by atoms with Crippen LogP contribution in [0.4, 0.5) is 4.39 Å². The van der Waals surface area contributed by atoms with Crippen molar-refractivity contribution in [2.45, 2.75) is 19.8 Å². The highest BCUT2D eigenvalue weighted by Crippen LogP contribution is 2.21. The molecule has 1 nitrogen and oxygen atoms in total. The van der Waals surface area contributed by atoms with Gasteiger partial charge in [0.2, 0.25) is 0 Å². The Kier molecular flexibility index (Phi) is 3.88. The highest BCUT2D eigenvalue weighted by atomic mass is 79.9. The van der Waals surface area contributed by atoms with Crippen molar-refractivity contribution >= 4 is 15.9 Å². The lowest BCUT2D eigenvalue weighted by Crippen LogP contribution is -1.93. The normalized spacial score (nSPS) is 10.5. The fourth-order valence-electron chi connectivity index (χ4n) is 1.13. The number of benzene rings is 1. The number of halogens is 2. The van der Waals surface area contributed by atoms with Crippen molar-refractivity contribution in [3.05, 3.63) is 33.5 Å². The summed E-state index contributed by atoms with van der Waals surface area (Å²) in [5.41, 5.74) is 1.55. The quantitative estimate of drug-likeness (QED) is 0.870. The Morgan fingerprint density at radius 2 is 2.15 bits per heavy atom. The van der Waals surface area contributed by atoms with Gasteiger partial charge in [0.1, 0.15) is 5.82 Å². The maximum absolute atomic E-state index is 13.2. The molecule has 0 aliphatic rings. The van der Waals surface area contributed by atoms with Crippen LogP contribution < -0.4 is 0 Å². The Labute approximate surface area is 85.7 Å². The Bertz CT molecular complexity index is 276. The Morgan fingerprint density at radius 3 is 2.69 bits per heavy atom. The van der Waals surface area contributed by atoms with E-state index in [1.807, 2.05) is 6.07 Å². The predicted octanol–water partition coefficient (Wildman–Crippen LogP) is 2.82. The molecule has 0 amide bonds. The van der Waals surface area contributed by atoms with E-state index in [0.717, 1.165) is 10.0 Å². The summed E-state index contributed by atoms with van der Waals surface area (Å²) < 4.78 is 14.0. The van der Waals surface area contributed by atoms with E-state index in [1.165, 1.54) is 6.07 Å². The van der Waals surface area contributed by atoms with Gasteiger partial charge in [0, 0.05) is 11.1 Å². The molecule has 1 aromatic rings. The first-order valence-corrected chi connectivity index (χ1v) is 5.00. The lowest BCUT2D eigenvalue weighted by molar-refractivity contribution is 0.288. The van der Waals surface area contributed by atoms with Gasteiger partial charge in [-0.2, -0.15) is 0 Å². The molecule has 0 bridgehead atoms. The fourth-order valence-corrected chi connectivity index (χ4v) is 1.61. The first kappa shape index (κ1) is 10.7. The summed E-state index contributed by atoms with van der Waals surface area (Å²) in [5.74, 6) is -0.192. The van der Waals surface area contributed by atoms with E-state index in [1.54, 1.807) is 6.92 Å². The smallest absolute Gasteiger partial charge is 0.127 e. The first-order chi connectivity index (χ1) is 6.15. The topological polar surface area (TPSA) is 20.2 Å². The lowest BCUT2D eigenvalue weighted by atomic mass is 10.1. The number of aryl methyl sites for hydroxylation is 1. The number of aliphatic hydroxyl groups is 1. The summed E-state index contributed by atoms with van der Waals surface area (Å²) >= 11 is 3.29. The minimum absolute atomic E-state index is 0.146. The minimum atomic E-state index is -0.192. The van der Waals surface area contributed by atoms with E-state index in [4.69, 9.17) is 5.11 Å². The second kappa shape index (κ2) is 4.72. The van der Waals surface area contributed by atoms with Gasteiger partial charge < -0.3 is 5.11 Å². The van der Waals surface area contributed by atoms with Gasteiger partial charge in [0.15, 0.2) is 0 Å². The van der Waals surface area contributed by atoms with E-state index in [0.29, 0.717) is 18.4 Å². The molecule has 13 heavy (non-hydrogen) atoms. The molecule has 0 fully saturated rings. The van der Waals surface area contributed by atoms with E-state index in [-0.39, 0.29) is 12.4 Å². The molecule has 0 radical (unpaired) electrons. The number of hydrogen-bond donors (Lipinski definition) is 1. The van der Waals surface area contributed by atoms with Crippen molar-refractivity contribution in [2.75, 3.05) is 6.61 Å². The predicted molar refractivity (Wildman–Crippen MR) is 54.2 cm³/mol. The SMILES string of the molecule is Cc1c(F)cc(CCCO)cc1Br. The molecular formula is C10H12BrFO. The van der Waals surface area contributed by atoms with Crippen molar-refractivity contribution in [1.29, 1.82) is 0 Å². The van der Waals surface area contributed by atoms with Crippen molar-refractivity contribution < 1.29 is 9.50 Å². The molecule has 0 saturated heterocycles. The van der Waals surface area contributed by atoms with Crippen LogP contribution in [0.15, 0.2) is 16.6 Å². The van der Waals surface area contributed by atoms with Gasteiger partial charge in [-0.3, -0.25) is 0 Å². The molecule has 0 atom stereocenters. The van der Waals surface area contributed by atoms with Crippen molar-refractivity contribution in [3.63, 3.8) is 0 Å². The van der Waals surface area contributed by atoms with Crippen molar-refractivity contribution in [3.8, 4) is 0 Å². The van der Waals surface area contributed by atoms with Crippen LogP contribution >= 0.6 is 15.9 Å². The van der Waals surface area contributed by atoms with Gasteiger partial charge in [-0.1, -0.05) is 15.9 Å². The highest BCUT2D eigenvalue weighted by Gasteiger charge is 2.04. The molecule has 1 N–H and O–H groups in total. The summed E-state index contributed by atoms with van der Waals surface area (Å²) in [7, 11) is 0. The lowest BCUT2D eigenvalue weighted by Gasteiger charge is -2.04. The Morgan fingerprint density at radius 1 is 1.46 bits per heavy atom. The second-order valence-electron chi connectivity index (χ2n) is 3.01. The summed E-state index contributed by atoms with van der Waals surface area (Å²) in [6, 6.07) is 3.42. The Balaban J connectivity index is 2.86. The molecule has 0 aliphatic heterocycles. The zero-order valence-electron chi connectivity index (χ0n) is 7.48. The van der Waals surface area contributed by atoms with Crippen LogP contribution in [0.2, 0.25) is 0 Å². The van der Waals surface area contributed by atoms with Crippen LogP contribution in [0.25, 0.3) is 0 Å². The van der Waals surface area contributed by atoms with Gasteiger partial charge in [0.05, 0.1) is 0 Å². The maximum Gasteiger partial charge on any atom is 0.127 e. The summed E-state index contributed by atoms with van der Waals surface area (Å²) in [6.45, 7) is 1.88. The van der Waals surface area contributed by atoms with Crippen molar-refractivity contribution in [2.24, 2.45) is 0 Å². The molecule has 0 heterocycles. The van der Waals surface area contributed by atoms with E-state index >= 15 is 0 Å². The molecule has 72 valence electrons. The van der Waals surface area contributed by atoms with Gasteiger partial charge in [-0.15, -0.1) is 0 Å². The van der Waals surface area contributed by atoms with E-state index < -0.39 is 0 Å². The molecule has 0 aromatic heterocycles. The van der Waals surface area contributed by atoms with Crippen LogP contribution in [0, 0.1) is 12.7 Å². The summed E-state index contributed by atoms with van der Waals surface area (Å²) in [4.78, 5) is 0. The molecule has 0 unspecified atom stereocenters. The average Bonchev–Trinajstić information content (AvgIpc) is 2.10.